The fourth-order valence-electron chi connectivity index (χ4n) is 1.41. The SMILES string of the molecule is OCc1ccc2c(c1)CC=C2. The van der Waals surface area contributed by atoms with Crippen molar-refractivity contribution in [3.8, 4) is 0 Å². The fourth-order valence-corrected chi connectivity index (χ4v) is 1.41. The van der Waals surface area contributed by atoms with Crippen molar-refractivity contribution in [1.29, 1.82) is 0 Å². The van der Waals surface area contributed by atoms with E-state index in [0.717, 1.165) is 12.0 Å². The van der Waals surface area contributed by atoms with Crippen molar-refractivity contribution in [1.82, 2.24) is 0 Å². The summed E-state index contributed by atoms with van der Waals surface area (Å²) >= 11 is 0. The van der Waals surface area contributed by atoms with Gasteiger partial charge in [0.1, 0.15) is 0 Å². The van der Waals surface area contributed by atoms with Crippen LogP contribution in [-0.2, 0) is 13.0 Å². The van der Waals surface area contributed by atoms with Crippen molar-refractivity contribution in [3.05, 3.63) is 41.0 Å². The van der Waals surface area contributed by atoms with Crippen molar-refractivity contribution < 1.29 is 5.11 Å². The van der Waals surface area contributed by atoms with Gasteiger partial charge in [0.2, 0.25) is 0 Å². The standard InChI is InChI=1S/C10H10O/c11-7-8-4-5-9-2-1-3-10(9)6-8/h1-2,4-6,11H,3,7H2. The van der Waals surface area contributed by atoms with Crippen LogP contribution >= 0.6 is 0 Å². The number of rotatable bonds is 1. The molecule has 0 spiro atoms. The van der Waals surface area contributed by atoms with E-state index in [2.05, 4.69) is 24.3 Å². The summed E-state index contributed by atoms with van der Waals surface area (Å²) in [5.74, 6) is 0. The highest BCUT2D eigenvalue weighted by atomic mass is 16.3. The van der Waals surface area contributed by atoms with E-state index in [-0.39, 0.29) is 6.61 Å². The highest BCUT2D eigenvalue weighted by molar-refractivity contribution is 5.60. The van der Waals surface area contributed by atoms with E-state index in [1.54, 1.807) is 0 Å². The number of fused-ring (bicyclic) bond motifs is 1. The van der Waals surface area contributed by atoms with E-state index < -0.39 is 0 Å². The quantitative estimate of drug-likeness (QED) is 0.640. The molecule has 0 aliphatic heterocycles. The maximum atomic E-state index is 8.85. The van der Waals surface area contributed by atoms with Gasteiger partial charge in [0.15, 0.2) is 0 Å². The largest absolute Gasteiger partial charge is 0.392 e. The zero-order chi connectivity index (χ0) is 7.68. The van der Waals surface area contributed by atoms with Gasteiger partial charge in [-0.3, -0.25) is 0 Å². The van der Waals surface area contributed by atoms with Gasteiger partial charge < -0.3 is 5.11 Å². The molecule has 2 rings (SSSR count). The summed E-state index contributed by atoms with van der Waals surface area (Å²) in [7, 11) is 0. The lowest BCUT2D eigenvalue weighted by Crippen LogP contribution is -1.87. The summed E-state index contributed by atoms with van der Waals surface area (Å²) < 4.78 is 0. The molecule has 0 bridgehead atoms. The molecule has 0 saturated heterocycles. The normalized spacial score (nSPS) is 13.5. The van der Waals surface area contributed by atoms with Gasteiger partial charge >= 0.3 is 0 Å². The molecule has 1 aliphatic carbocycles. The molecule has 0 atom stereocenters. The Morgan fingerprint density at radius 1 is 1.36 bits per heavy atom. The lowest BCUT2D eigenvalue weighted by atomic mass is 10.1. The summed E-state index contributed by atoms with van der Waals surface area (Å²) in [6, 6.07) is 6.09. The van der Waals surface area contributed by atoms with Crippen LogP contribution in [-0.4, -0.2) is 5.11 Å². The Bertz CT molecular complexity index is 300. The number of allylic oxidation sites excluding steroid dienone is 1. The third-order valence-electron chi connectivity index (χ3n) is 2.03. The molecule has 1 nitrogen and oxygen atoms in total. The van der Waals surface area contributed by atoms with E-state index in [4.69, 9.17) is 5.11 Å². The summed E-state index contributed by atoms with van der Waals surface area (Å²) in [4.78, 5) is 0. The van der Waals surface area contributed by atoms with Gasteiger partial charge in [-0.2, -0.15) is 0 Å². The maximum absolute atomic E-state index is 8.85. The first-order valence-corrected chi connectivity index (χ1v) is 3.79. The van der Waals surface area contributed by atoms with E-state index in [1.165, 1.54) is 11.1 Å². The van der Waals surface area contributed by atoms with Crippen molar-refractivity contribution in [2.45, 2.75) is 13.0 Å². The molecule has 0 aromatic heterocycles. The van der Waals surface area contributed by atoms with Crippen LogP contribution in [0.2, 0.25) is 0 Å². The number of hydrogen-bond donors (Lipinski definition) is 1. The van der Waals surface area contributed by atoms with Gasteiger partial charge in [-0.1, -0.05) is 30.4 Å². The molecule has 1 aromatic carbocycles. The van der Waals surface area contributed by atoms with Crippen molar-refractivity contribution in [2.24, 2.45) is 0 Å². The van der Waals surface area contributed by atoms with E-state index in [0.29, 0.717) is 0 Å². The van der Waals surface area contributed by atoms with Crippen molar-refractivity contribution in [2.75, 3.05) is 0 Å². The minimum Gasteiger partial charge on any atom is -0.392 e. The number of benzene rings is 1. The molecule has 1 N–H and O–H groups in total. The zero-order valence-electron chi connectivity index (χ0n) is 6.25. The topological polar surface area (TPSA) is 20.2 Å². The molecule has 11 heavy (non-hydrogen) atoms. The molecule has 1 aromatic rings. The minimum absolute atomic E-state index is 0.146. The Balaban J connectivity index is 2.45. The van der Waals surface area contributed by atoms with Gasteiger partial charge in [-0.15, -0.1) is 0 Å². The zero-order valence-corrected chi connectivity index (χ0v) is 6.25. The van der Waals surface area contributed by atoms with Gasteiger partial charge in [-0.05, 0) is 23.1 Å². The number of hydrogen-bond acceptors (Lipinski definition) is 1. The highest BCUT2D eigenvalue weighted by Crippen LogP contribution is 2.20. The van der Waals surface area contributed by atoms with Crippen molar-refractivity contribution >= 4 is 6.08 Å². The van der Waals surface area contributed by atoms with Crippen LogP contribution in [0.3, 0.4) is 0 Å². The smallest absolute Gasteiger partial charge is 0.0681 e. The first kappa shape index (κ1) is 6.62. The minimum atomic E-state index is 0.146. The van der Waals surface area contributed by atoms with Gasteiger partial charge in [-0.25, -0.2) is 0 Å². The predicted molar refractivity (Wildman–Crippen MR) is 45.1 cm³/mol. The van der Waals surface area contributed by atoms with Crippen LogP contribution in [0, 0.1) is 0 Å². The van der Waals surface area contributed by atoms with E-state index >= 15 is 0 Å². The molecule has 0 fully saturated rings. The third kappa shape index (κ3) is 1.08. The van der Waals surface area contributed by atoms with Crippen LogP contribution in [0.25, 0.3) is 6.08 Å². The first-order chi connectivity index (χ1) is 5.40. The lowest BCUT2D eigenvalue weighted by molar-refractivity contribution is 0.282. The predicted octanol–water partition coefficient (Wildman–Crippen LogP) is 1.75. The molecular weight excluding hydrogens is 136 g/mol. The highest BCUT2D eigenvalue weighted by Gasteiger charge is 2.04. The van der Waals surface area contributed by atoms with Crippen LogP contribution in [0.1, 0.15) is 16.7 Å². The molecule has 1 heteroatoms. The summed E-state index contributed by atoms with van der Waals surface area (Å²) in [5, 5.41) is 8.85. The third-order valence-corrected chi connectivity index (χ3v) is 2.03. The molecule has 0 saturated carbocycles. The van der Waals surface area contributed by atoms with Crippen molar-refractivity contribution in [3.63, 3.8) is 0 Å². The van der Waals surface area contributed by atoms with Gasteiger partial charge in [0.25, 0.3) is 0 Å². The lowest BCUT2D eigenvalue weighted by Gasteiger charge is -2.00. The number of aliphatic hydroxyl groups excluding tert-OH is 1. The second kappa shape index (κ2) is 2.51. The monoisotopic (exact) mass is 146 g/mol. The summed E-state index contributed by atoms with van der Waals surface area (Å²) in [6.45, 7) is 0.146. The molecule has 1 aliphatic rings. The second-order valence-corrected chi connectivity index (χ2v) is 2.80. The van der Waals surface area contributed by atoms with Crippen LogP contribution in [0.5, 0.6) is 0 Å². The molecule has 56 valence electrons. The Morgan fingerprint density at radius 2 is 2.27 bits per heavy atom. The molecule has 0 amide bonds. The maximum Gasteiger partial charge on any atom is 0.0681 e. The number of aliphatic hydroxyl groups is 1. The Labute approximate surface area is 66.0 Å². The summed E-state index contributed by atoms with van der Waals surface area (Å²) in [5.41, 5.74) is 3.63. The Morgan fingerprint density at radius 3 is 3.09 bits per heavy atom. The molecule has 0 heterocycles. The average molecular weight is 146 g/mol. The van der Waals surface area contributed by atoms with Crippen LogP contribution < -0.4 is 0 Å². The Hall–Kier alpha value is -1.08. The Kier molecular flexibility index (Phi) is 1.51. The van der Waals surface area contributed by atoms with Crippen LogP contribution in [0.15, 0.2) is 24.3 Å². The van der Waals surface area contributed by atoms with Gasteiger partial charge in [0, 0.05) is 0 Å². The average Bonchev–Trinajstić information content (AvgIpc) is 2.50. The molecule has 0 unspecified atom stereocenters. The molecular formula is C10H10O. The second-order valence-electron chi connectivity index (χ2n) is 2.80. The van der Waals surface area contributed by atoms with E-state index in [9.17, 15) is 0 Å². The first-order valence-electron chi connectivity index (χ1n) is 3.79. The summed E-state index contributed by atoms with van der Waals surface area (Å²) in [6.07, 6.45) is 5.28. The van der Waals surface area contributed by atoms with Crippen LogP contribution in [0.4, 0.5) is 0 Å². The van der Waals surface area contributed by atoms with Gasteiger partial charge in [0.05, 0.1) is 6.61 Å². The fraction of sp³-hybridized carbons (Fsp3) is 0.200. The molecule has 0 radical (unpaired) electrons. The van der Waals surface area contributed by atoms with E-state index in [1.807, 2.05) is 6.07 Å².